The van der Waals surface area contributed by atoms with Crippen LogP contribution in [0.1, 0.15) is 24.8 Å². The molecule has 1 aliphatic carbocycles. The van der Waals surface area contributed by atoms with Crippen molar-refractivity contribution in [3.63, 3.8) is 0 Å². The number of rotatable bonds is 4. The van der Waals surface area contributed by atoms with Gasteiger partial charge in [0.25, 0.3) is 0 Å². The molecule has 0 bridgehead atoms. The molecule has 0 heterocycles. The van der Waals surface area contributed by atoms with Gasteiger partial charge in [0.1, 0.15) is 0 Å². The molecule has 0 saturated heterocycles. The summed E-state index contributed by atoms with van der Waals surface area (Å²) < 4.78 is 6.42. The van der Waals surface area contributed by atoms with Gasteiger partial charge in [0.05, 0.1) is 11.7 Å². The summed E-state index contributed by atoms with van der Waals surface area (Å²) in [5, 5.41) is 11.0. The number of methoxy groups -OCH3 is 1. The van der Waals surface area contributed by atoms with Gasteiger partial charge in [-0.2, -0.15) is 0 Å². The van der Waals surface area contributed by atoms with Gasteiger partial charge < -0.3 is 9.84 Å². The summed E-state index contributed by atoms with van der Waals surface area (Å²) >= 11 is 9.52. The third kappa shape index (κ3) is 2.68. The van der Waals surface area contributed by atoms with Gasteiger partial charge in [-0.05, 0) is 37.0 Å². The normalized spacial score (nSPS) is 19.8. The van der Waals surface area contributed by atoms with Gasteiger partial charge in [-0.1, -0.05) is 33.6 Å². The van der Waals surface area contributed by atoms with E-state index in [9.17, 15) is 5.11 Å². The first-order valence-corrected chi connectivity index (χ1v) is 6.92. The van der Waals surface area contributed by atoms with E-state index >= 15 is 0 Å². The molecule has 0 aromatic heterocycles. The lowest BCUT2D eigenvalue weighted by atomic mass is 9.74. The minimum Gasteiger partial charge on any atom is -0.390 e. The van der Waals surface area contributed by atoms with Crippen LogP contribution in [0.25, 0.3) is 0 Å². The number of aliphatic hydroxyl groups is 1. The topological polar surface area (TPSA) is 29.5 Å². The molecule has 1 saturated carbocycles. The highest BCUT2D eigenvalue weighted by Gasteiger charge is 2.43. The number of halogens is 2. The van der Waals surface area contributed by atoms with Crippen LogP contribution in [0.4, 0.5) is 0 Å². The average Bonchev–Trinajstić information content (AvgIpc) is 2.21. The zero-order valence-corrected chi connectivity index (χ0v) is 12.1. The zero-order chi connectivity index (χ0) is 12.5. The van der Waals surface area contributed by atoms with Crippen molar-refractivity contribution in [2.75, 3.05) is 7.11 Å². The maximum Gasteiger partial charge on any atom is 0.0939 e. The number of hydrogen-bond donors (Lipinski definition) is 1. The molecule has 2 nitrogen and oxygen atoms in total. The zero-order valence-electron chi connectivity index (χ0n) is 9.75. The van der Waals surface area contributed by atoms with Crippen LogP contribution in [0.3, 0.4) is 0 Å². The van der Waals surface area contributed by atoms with Crippen LogP contribution in [-0.2, 0) is 11.2 Å². The van der Waals surface area contributed by atoms with E-state index in [2.05, 4.69) is 15.9 Å². The van der Waals surface area contributed by atoms with E-state index in [0.29, 0.717) is 11.4 Å². The molecule has 1 aliphatic rings. The van der Waals surface area contributed by atoms with Crippen LogP contribution in [0.2, 0.25) is 5.02 Å². The molecular formula is C13H16BrClO2. The van der Waals surface area contributed by atoms with Crippen molar-refractivity contribution in [3.05, 3.63) is 33.3 Å². The lowest BCUT2D eigenvalue weighted by Gasteiger charge is -2.44. The average molecular weight is 320 g/mol. The summed E-state index contributed by atoms with van der Waals surface area (Å²) in [7, 11) is 1.67. The minimum atomic E-state index is -0.486. The molecule has 4 heteroatoms. The van der Waals surface area contributed by atoms with Crippen LogP contribution in [0.15, 0.2) is 22.7 Å². The molecule has 94 valence electrons. The Morgan fingerprint density at radius 2 is 2.24 bits per heavy atom. The Hall–Kier alpha value is -0.0900. The molecule has 1 unspecified atom stereocenters. The van der Waals surface area contributed by atoms with Crippen molar-refractivity contribution in [3.8, 4) is 0 Å². The van der Waals surface area contributed by atoms with E-state index in [-0.39, 0.29) is 5.60 Å². The number of aliphatic hydroxyl groups excluding tert-OH is 1. The maximum absolute atomic E-state index is 10.3. The second-order valence-corrected chi connectivity index (χ2v) is 5.90. The van der Waals surface area contributed by atoms with Gasteiger partial charge in [-0.3, -0.25) is 0 Å². The van der Waals surface area contributed by atoms with E-state index in [1.165, 1.54) is 0 Å². The van der Waals surface area contributed by atoms with Crippen LogP contribution < -0.4 is 0 Å². The van der Waals surface area contributed by atoms with Crippen molar-refractivity contribution in [2.45, 2.75) is 37.4 Å². The molecule has 1 aromatic rings. The summed E-state index contributed by atoms with van der Waals surface area (Å²) in [4.78, 5) is 0. The molecule has 0 aliphatic heterocycles. The van der Waals surface area contributed by atoms with Gasteiger partial charge in [-0.25, -0.2) is 0 Å². The summed E-state index contributed by atoms with van der Waals surface area (Å²) in [6.45, 7) is 0. The van der Waals surface area contributed by atoms with Crippen molar-refractivity contribution in [1.29, 1.82) is 0 Å². The molecule has 0 radical (unpaired) electrons. The molecule has 0 amide bonds. The largest absolute Gasteiger partial charge is 0.390 e. The Morgan fingerprint density at radius 3 is 2.71 bits per heavy atom. The number of hydrogen-bond acceptors (Lipinski definition) is 2. The molecule has 1 N–H and O–H groups in total. The summed E-state index contributed by atoms with van der Waals surface area (Å²) in [6.07, 6.45) is 3.04. The fourth-order valence-corrected chi connectivity index (χ4v) is 3.03. The van der Waals surface area contributed by atoms with Crippen LogP contribution in [0, 0.1) is 0 Å². The fraction of sp³-hybridized carbons (Fsp3) is 0.538. The molecular weight excluding hydrogens is 303 g/mol. The highest BCUT2D eigenvalue weighted by Crippen LogP contribution is 2.39. The molecule has 2 rings (SSSR count). The van der Waals surface area contributed by atoms with Gasteiger partial charge in [0.15, 0.2) is 0 Å². The van der Waals surface area contributed by atoms with E-state index < -0.39 is 6.10 Å². The van der Waals surface area contributed by atoms with Crippen LogP contribution in [0.5, 0.6) is 0 Å². The molecule has 1 atom stereocenters. The van der Waals surface area contributed by atoms with Gasteiger partial charge in [0.2, 0.25) is 0 Å². The lowest BCUT2D eigenvalue weighted by Crippen LogP contribution is -2.50. The van der Waals surface area contributed by atoms with Crippen molar-refractivity contribution >= 4 is 27.5 Å². The summed E-state index contributed by atoms with van der Waals surface area (Å²) in [5.41, 5.74) is 0.613. The van der Waals surface area contributed by atoms with E-state index in [0.717, 1.165) is 29.3 Å². The molecule has 1 aromatic carbocycles. The third-order valence-electron chi connectivity index (χ3n) is 3.64. The Kier molecular flexibility index (Phi) is 4.14. The summed E-state index contributed by atoms with van der Waals surface area (Å²) in [6, 6.07) is 5.73. The van der Waals surface area contributed by atoms with Crippen LogP contribution in [-0.4, -0.2) is 23.9 Å². The Bertz CT molecular complexity index is 399. The van der Waals surface area contributed by atoms with E-state index in [4.69, 9.17) is 16.3 Å². The van der Waals surface area contributed by atoms with Crippen molar-refractivity contribution in [1.82, 2.24) is 0 Å². The Labute approximate surface area is 115 Å². The maximum atomic E-state index is 10.3. The van der Waals surface area contributed by atoms with Gasteiger partial charge in [0, 0.05) is 23.0 Å². The lowest BCUT2D eigenvalue weighted by molar-refractivity contribution is -0.148. The number of benzene rings is 1. The predicted molar refractivity (Wildman–Crippen MR) is 72.5 cm³/mol. The quantitative estimate of drug-likeness (QED) is 0.919. The fourth-order valence-electron chi connectivity index (χ4n) is 2.28. The SMILES string of the molecule is COC1(C(O)Cc2ccc(Br)cc2Cl)CCC1. The van der Waals surface area contributed by atoms with Gasteiger partial charge >= 0.3 is 0 Å². The predicted octanol–water partition coefficient (Wildman–Crippen LogP) is 3.58. The standard InChI is InChI=1S/C13H16BrClO2/c1-17-13(5-2-6-13)12(16)7-9-3-4-10(14)8-11(9)15/h3-4,8,12,16H,2,5-7H2,1H3. The van der Waals surface area contributed by atoms with Crippen LogP contribution >= 0.6 is 27.5 Å². The number of ether oxygens (including phenoxy) is 1. The highest BCUT2D eigenvalue weighted by atomic mass is 79.9. The molecule has 1 fully saturated rings. The first kappa shape index (κ1) is 13.3. The van der Waals surface area contributed by atoms with E-state index in [1.54, 1.807) is 7.11 Å². The second kappa shape index (κ2) is 5.27. The monoisotopic (exact) mass is 318 g/mol. The first-order valence-electron chi connectivity index (χ1n) is 5.74. The molecule has 0 spiro atoms. The van der Waals surface area contributed by atoms with Crippen molar-refractivity contribution < 1.29 is 9.84 Å². The summed E-state index contributed by atoms with van der Waals surface area (Å²) in [5.74, 6) is 0. The third-order valence-corrected chi connectivity index (χ3v) is 4.49. The highest BCUT2D eigenvalue weighted by molar-refractivity contribution is 9.10. The first-order chi connectivity index (χ1) is 8.07. The second-order valence-electron chi connectivity index (χ2n) is 4.58. The minimum absolute atomic E-state index is 0.351. The smallest absolute Gasteiger partial charge is 0.0939 e. The Morgan fingerprint density at radius 1 is 1.53 bits per heavy atom. The Balaban J connectivity index is 2.10. The van der Waals surface area contributed by atoms with Gasteiger partial charge in [-0.15, -0.1) is 0 Å². The molecule has 17 heavy (non-hydrogen) atoms. The van der Waals surface area contributed by atoms with Crippen molar-refractivity contribution in [2.24, 2.45) is 0 Å². The van der Waals surface area contributed by atoms with E-state index in [1.807, 2.05) is 18.2 Å².